The number of hydrogen-bond donors (Lipinski definition) is 2. The van der Waals surface area contributed by atoms with E-state index < -0.39 is 5.91 Å². The van der Waals surface area contributed by atoms with Gasteiger partial charge >= 0.3 is 0 Å². The van der Waals surface area contributed by atoms with Crippen molar-refractivity contribution < 1.29 is 9.21 Å². The minimum atomic E-state index is -0.434. The van der Waals surface area contributed by atoms with E-state index in [0.29, 0.717) is 17.1 Å². The molecule has 0 radical (unpaired) electrons. The van der Waals surface area contributed by atoms with Crippen molar-refractivity contribution in [2.45, 2.75) is 20.4 Å². The van der Waals surface area contributed by atoms with E-state index in [-0.39, 0.29) is 12.1 Å². The fourth-order valence-corrected chi connectivity index (χ4v) is 1.72. The molecule has 1 amide bonds. The zero-order chi connectivity index (χ0) is 14.0. The number of carbonyl (C=O) groups is 1. The van der Waals surface area contributed by atoms with Gasteiger partial charge in [0.1, 0.15) is 18.1 Å². The number of furan rings is 1. The number of nitrogen functional groups attached to an aromatic ring is 1. The molecular weight excluding hydrogens is 248 g/mol. The molecule has 0 aliphatic heterocycles. The highest BCUT2D eigenvalue weighted by Crippen LogP contribution is 2.14. The number of aromatic nitrogens is 2. The van der Waals surface area contributed by atoms with Crippen LogP contribution >= 0.6 is 0 Å². The number of nitrogens with two attached hydrogens (primary N) is 1. The van der Waals surface area contributed by atoms with Gasteiger partial charge in [-0.3, -0.25) is 15.0 Å². The molecule has 0 unspecified atom stereocenters. The molecule has 0 saturated carbocycles. The lowest BCUT2D eigenvalue weighted by molar-refractivity contribution is 0.0952. The summed E-state index contributed by atoms with van der Waals surface area (Å²) < 4.78 is 6.67. The zero-order valence-electron chi connectivity index (χ0n) is 10.6. The van der Waals surface area contributed by atoms with E-state index in [1.165, 1.54) is 10.7 Å². The molecule has 2 heterocycles. The molecule has 0 fully saturated rings. The highest BCUT2D eigenvalue weighted by molar-refractivity contribution is 5.94. The third-order valence-corrected chi connectivity index (χ3v) is 2.66. The van der Waals surface area contributed by atoms with Crippen LogP contribution in [0.4, 0.5) is 0 Å². The van der Waals surface area contributed by atoms with E-state index in [0.717, 1.165) is 5.56 Å². The Morgan fingerprint density at radius 1 is 1.47 bits per heavy atom. The molecule has 19 heavy (non-hydrogen) atoms. The van der Waals surface area contributed by atoms with E-state index in [2.05, 4.69) is 5.10 Å². The summed E-state index contributed by atoms with van der Waals surface area (Å²) in [5.41, 5.74) is 2.95. The normalized spacial score (nSPS) is 10.5. The number of aryl methyl sites for hydroxylation is 2. The lowest BCUT2D eigenvalue weighted by atomic mass is 10.2. The summed E-state index contributed by atoms with van der Waals surface area (Å²) in [6.07, 6.45) is 1.59. The molecule has 0 aliphatic carbocycles. The second-order valence-corrected chi connectivity index (χ2v) is 4.18. The molecule has 2 rings (SSSR count). The average molecular weight is 262 g/mol. The molecule has 0 bridgehead atoms. The van der Waals surface area contributed by atoms with Crippen LogP contribution in [-0.4, -0.2) is 15.7 Å². The number of carbonyl (C=O) groups excluding carboxylic acids is 1. The first-order valence-electron chi connectivity index (χ1n) is 5.65. The van der Waals surface area contributed by atoms with Gasteiger partial charge in [-0.15, -0.1) is 0 Å². The predicted octanol–water partition coefficient (Wildman–Crippen LogP) is 0.105. The fourth-order valence-electron chi connectivity index (χ4n) is 1.72. The van der Waals surface area contributed by atoms with Gasteiger partial charge in [-0.1, -0.05) is 0 Å². The van der Waals surface area contributed by atoms with Crippen LogP contribution in [-0.2, 0) is 6.54 Å². The van der Waals surface area contributed by atoms with Gasteiger partial charge < -0.3 is 4.42 Å². The second-order valence-electron chi connectivity index (χ2n) is 4.18. The van der Waals surface area contributed by atoms with Crippen molar-refractivity contribution in [3.63, 3.8) is 0 Å². The minimum absolute atomic E-state index is 0.164. The Morgan fingerprint density at radius 3 is 2.84 bits per heavy atom. The maximum absolute atomic E-state index is 11.7. The third kappa shape index (κ3) is 2.71. The van der Waals surface area contributed by atoms with Gasteiger partial charge in [-0.05, 0) is 25.5 Å². The summed E-state index contributed by atoms with van der Waals surface area (Å²) in [6, 6.07) is 3.03. The van der Waals surface area contributed by atoms with Crippen molar-refractivity contribution in [1.82, 2.24) is 15.2 Å². The van der Waals surface area contributed by atoms with Crippen molar-refractivity contribution in [2.24, 2.45) is 5.84 Å². The SMILES string of the molecule is Cc1cnn(Cc2cc(C(=O)NN)c(C)o2)c(=O)c1. The Labute approximate surface area is 109 Å². The lowest BCUT2D eigenvalue weighted by Crippen LogP contribution is -2.30. The molecule has 0 spiro atoms. The minimum Gasteiger partial charge on any atom is -0.464 e. The molecule has 0 aromatic carbocycles. The predicted molar refractivity (Wildman–Crippen MR) is 67.4 cm³/mol. The zero-order valence-corrected chi connectivity index (χ0v) is 10.6. The van der Waals surface area contributed by atoms with Crippen LogP contribution in [0.15, 0.2) is 27.5 Å². The maximum atomic E-state index is 11.7. The van der Waals surface area contributed by atoms with Crippen LogP contribution in [0, 0.1) is 13.8 Å². The Balaban J connectivity index is 2.29. The molecule has 0 atom stereocenters. The number of hydrazine groups is 1. The first-order chi connectivity index (χ1) is 9.01. The highest BCUT2D eigenvalue weighted by atomic mass is 16.3. The number of nitrogens with zero attached hydrogens (tertiary/aromatic N) is 2. The Kier molecular flexibility index (Phi) is 3.48. The molecule has 2 aromatic rings. The summed E-state index contributed by atoms with van der Waals surface area (Å²) in [4.78, 5) is 23.1. The number of nitrogens with one attached hydrogen (secondary N) is 1. The topological polar surface area (TPSA) is 103 Å². The molecular formula is C12H14N4O3. The fraction of sp³-hybridized carbons (Fsp3) is 0.250. The molecule has 7 heteroatoms. The number of hydrogen-bond acceptors (Lipinski definition) is 5. The summed E-state index contributed by atoms with van der Waals surface area (Å²) in [6.45, 7) is 3.61. The monoisotopic (exact) mass is 262 g/mol. The van der Waals surface area contributed by atoms with Gasteiger partial charge in [0, 0.05) is 6.07 Å². The molecule has 0 aliphatic rings. The molecule has 0 saturated heterocycles. The Hall–Kier alpha value is -2.41. The summed E-state index contributed by atoms with van der Waals surface area (Å²) in [5, 5.41) is 4.00. The second kappa shape index (κ2) is 5.07. The first-order valence-corrected chi connectivity index (χ1v) is 5.65. The van der Waals surface area contributed by atoms with Gasteiger partial charge in [0.05, 0.1) is 11.8 Å². The van der Waals surface area contributed by atoms with Gasteiger partial charge in [-0.25, -0.2) is 10.5 Å². The van der Waals surface area contributed by atoms with Gasteiger partial charge in [-0.2, -0.15) is 5.10 Å². The van der Waals surface area contributed by atoms with Crippen LogP contribution in [0.5, 0.6) is 0 Å². The van der Waals surface area contributed by atoms with E-state index in [9.17, 15) is 9.59 Å². The summed E-state index contributed by atoms with van der Waals surface area (Å²) >= 11 is 0. The maximum Gasteiger partial charge on any atom is 0.268 e. The van der Waals surface area contributed by atoms with Crippen LogP contribution in [0.2, 0.25) is 0 Å². The third-order valence-electron chi connectivity index (χ3n) is 2.66. The summed E-state index contributed by atoms with van der Waals surface area (Å²) in [7, 11) is 0. The van der Waals surface area contributed by atoms with E-state index >= 15 is 0 Å². The standard InChI is InChI=1S/C12H14N4O3/c1-7-3-11(17)16(14-5-7)6-9-4-10(8(2)19-9)12(18)15-13/h3-5H,6,13H2,1-2H3,(H,15,18). The number of rotatable bonds is 3. The van der Waals surface area contributed by atoms with Crippen molar-refractivity contribution in [1.29, 1.82) is 0 Å². The molecule has 7 nitrogen and oxygen atoms in total. The smallest absolute Gasteiger partial charge is 0.268 e. The van der Waals surface area contributed by atoms with E-state index in [1.54, 1.807) is 26.1 Å². The van der Waals surface area contributed by atoms with Crippen molar-refractivity contribution >= 4 is 5.91 Å². The molecule has 100 valence electrons. The molecule has 2 aromatic heterocycles. The number of amides is 1. The lowest BCUT2D eigenvalue weighted by Gasteiger charge is -2.01. The highest BCUT2D eigenvalue weighted by Gasteiger charge is 2.14. The average Bonchev–Trinajstić information content (AvgIpc) is 2.73. The van der Waals surface area contributed by atoms with Gasteiger partial charge in [0.15, 0.2) is 0 Å². The van der Waals surface area contributed by atoms with Crippen molar-refractivity contribution in [3.05, 3.63) is 51.3 Å². The van der Waals surface area contributed by atoms with Gasteiger partial charge in [0.25, 0.3) is 11.5 Å². The quantitative estimate of drug-likeness (QED) is 0.464. The molecule has 3 N–H and O–H groups in total. The van der Waals surface area contributed by atoms with E-state index in [1.807, 2.05) is 5.43 Å². The van der Waals surface area contributed by atoms with Crippen LogP contribution in [0.25, 0.3) is 0 Å². The Morgan fingerprint density at radius 2 is 2.21 bits per heavy atom. The van der Waals surface area contributed by atoms with Crippen LogP contribution < -0.4 is 16.8 Å². The van der Waals surface area contributed by atoms with Crippen molar-refractivity contribution in [2.75, 3.05) is 0 Å². The van der Waals surface area contributed by atoms with E-state index in [4.69, 9.17) is 10.3 Å². The largest absolute Gasteiger partial charge is 0.464 e. The van der Waals surface area contributed by atoms with Crippen LogP contribution in [0.3, 0.4) is 0 Å². The van der Waals surface area contributed by atoms with Crippen molar-refractivity contribution in [3.8, 4) is 0 Å². The Bertz CT molecular complexity index is 672. The first kappa shape index (κ1) is 13.0. The van der Waals surface area contributed by atoms with Crippen LogP contribution in [0.1, 0.15) is 27.4 Å². The van der Waals surface area contributed by atoms with Gasteiger partial charge in [0.2, 0.25) is 0 Å². The summed E-state index contributed by atoms with van der Waals surface area (Å²) in [5.74, 6) is 5.54.